The van der Waals surface area contributed by atoms with E-state index in [1.807, 2.05) is 0 Å². The van der Waals surface area contributed by atoms with E-state index in [-0.39, 0.29) is 10.8 Å². The highest BCUT2D eigenvalue weighted by atomic mass is 32.2. The van der Waals surface area contributed by atoms with Crippen molar-refractivity contribution < 1.29 is 13.2 Å². The molecule has 0 aliphatic rings. The van der Waals surface area contributed by atoms with E-state index in [0.717, 1.165) is 0 Å². The summed E-state index contributed by atoms with van der Waals surface area (Å²) in [6.45, 7) is 1.58. The third kappa shape index (κ3) is 3.39. The minimum absolute atomic E-state index is 0.0161. The molecule has 2 aromatic rings. The molecule has 5 N–H and O–H groups in total. The lowest BCUT2D eigenvalue weighted by Crippen LogP contribution is -2.17. The van der Waals surface area contributed by atoms with E-state index in [9.17, 15) is 13.2 Å². The molecule has 0 bridgehead atoms. The van der Waals surface area contributed by atoms with Gasteiger partial charge in [0.05, 0.1) is 4.90 Å². The number of amides is 1. The summed E-state index contributed by atoms with van der Waals surface area (Å²) in [6, 6.07) is 10.9. The Morgan fingerprint density at radius 1 is 1.10 bits per heavy atom. The second-order valence-electron chi connectivity index (χ2n) is 4.55. The van der Waals surface area contributed by atoms with Gasteiger partial charge in [-0.15, -0.1) is 0 Å². The number of nitrogen functional groups attached to an aromatic ring is 1. The number of primary sulfonamides is 1. The van der Waals surface area contributed by atoms with Gasteiger partial charge in [0.1, 0.15) is 0 Å². The molecule has 110 valence electrons. The van der Waals surface area contributed by atoms with Crippen molar-refractivity contribution in [1.29, 1.82) is 0 Å². The fourth-order valence-corrected chi connectivity index (χ4v) is 2.69. The van der Waals surface area contributed by atoms with Crippen molar-refractivity contribution in [3.8, 4) is 0 Å². The average Bonchev–Trinajstić information content (AvgIpc) is 2.40. The van der Waals surface area contributed by atoms with E-state index in [1.54, 1.807) is 37.3 Å². The molecule has 1 amide bonds. The van der Waals surface area contributed by atoms with Crippen molar-refractivity contribution in [2.75, 3.05) is 11.1 Å². The molecule has 21 heavy (non-hydrogen) atoms. The van der Waals surface area contributed by atoms with Gasteiger partial charge in [0.15, 0.2) is 0 Å². The van der Waals surface area contributed by atoms with Crippen LogP contribution in [0.1, 0.15) is 15.9 Å². The molecule has 0 saturated carbocycles. The summed E-state index contributed by atoms with van der Waals surface area (Å²) >= 11 is 0. The summed E-state index contributed by atoms with van der Waals surface area (Å²) in [5.74, 6) is -0.357. The zero-order chi connectivity index (χ0) is 15.6. The Labute approximate surface area is 122 Å². The summed E-state index contributed by atoms with van der Waals surface area (Å²) < 4.78 is 22.9. The van der Waals surface area contributed by atoms with Crippen molar-refractivity contribution in [1.82, 2.24) is 0 Å². The topological polar surface area (TPSA) is 115 Å². The van der Waals surface area contributed by atoms with Crippen LogP contribution in [0.5, 0.6) is 0 Å². The molecular weight excluding hydrogens is 290 g/mol. The molecular formula is C14H15N3O3S. The zero-order valence-corrected chi connectivity index (χ0v) is 12.1. The third-order valence-corrected chi connectivity index (χ3v) is 4.07. The Morgan fingerprint density at radius 2 is 1.71 bits per heavy atom. The number of hydrogen-bond donors (Lipinski definition) is 3. The summed E-state index contributed by atoms with van der Waals surface area (Å²) in [4.78, 5) is 12.1. The molecule has 0 atom stereocenters. The van der Waals surface area contributed by atoms with Crippen molar-refractivity contribution in [2.45, 2.75) is 11.8 Å². The number of rotatable bonds is 3. The fraction of sp³-hybridized carbons (Fsp3) is 0.0714. The number of anilines is 2. The Balaban J connectivity index is 2.32. The first-order chi connectivity index (χ1) is 9.79. The monoisotopic (exact) mass is 305 g/mol. The lowest BCUT2D eigenvalue weighted by Gasteiger charge is -2.11. The molecule has 0 heterocycles. The molecule has 0 radical (unpaired) electrons. The van der Waals surface area contributed by atoms with E-state index in [0.29, 0.717) is 22.5 Å². The Morgan fingerprint density at radius 3 is 2.29 bits per heavy atom. The van der Waals surface area contributed by atoms with E-state index >= 15 is 0 Å². The van der Waals surface area contributed by atoms with Gasteiger partial charge in [-0.25, -0.2) is 13.6 Å². The number of carbonyl (C=O) groups excluding carboxylic acids is 1. The third-order valence-electron chi connectivity index (χ3n) is 3.01. The van der Waals surface area contributed by atoms with Crippen LogP contribution in [0, 0.1) is 6.92 Å². The van der Waals surface area contributed by atoms with Crippen molar-refractivity contribution in [3.05, 3.63) is 53.6 Å². The summed E-state index contributed by atoms with van der Waals surface area (Å²) in [6.07, 6.45) is 0. The molecule has 0 fully saturated rings. The number of hydrogen-bond acceptors (Lipinski definition) is 4. The number of benzene rings is 2. The Bertz CT molecular complexity index is 784. The molecule has 0 aliphatic carbocycles. The molecule has 2 rings (SSSR count). The van der Waals surface area contributed by atoms with Gasteiger partial charge in [0.25, 0.3) is 5.91 Å². The minimum Gasteiger partial charge on any atom is -0.399 e. The quantitative estimate of drug-likeness (QED) is 0.745. The van der Waals surface area contributed by atoms with Crippen LogP contribution in [0.3, 0.4) is 0 Å². The van der Waals surface area contributed by atoms with Gasteiger partial charge < -0.3 is 11.1 Å². The maximum absolute atomic E-state index is 12.1. The van der Waals surface area contributed by atoms with Crippen LogP contribution >= 0.6 is 0 Å². The molecule has 0 spiro atoms. The first-order valence-corrected chi connectivity index (χ1v) is 7.63. The number of sulfonamides is 1. The van der Waals surface area contributed by atoms with Crippen molar-refractivity contribution in [3.63, 3.8) is 0 Å². The average molecular weight is 305 g/mol. The highest BCUT2D eigenvalue weighted by molar-refractivity contribution is 7.89. The highest BCUT2D eigenvalue weighted by Crippen LogP contribution is 2.22. The first-order valence-electron chi connectivity index (χ1n) is 6.08. The fourth-order valence-electron chi connectivity index (χ4n) is 1.89. The van der Waals surface area contributed by atoms with Gasteiger partial charge in [-0.3, -0.25) is 4.79 Å². The normalized spacial score (nSPS) is 11.1. The summed E-state index contributed by atoms with van der Waals surface area (Å²) in [5, 5.41) is 7.79. The van der Waals surface area contributed by atoms with Crippen LogP contribution in [0.15, 0.2) is 47.4 Å². The SMILES string of the molecule is Cc1c(NC(=O)c2ccc(N)cc2)cccc1S(N)(=O)=O. The van der Waals surface area contributed by atoms with Crippen LogP contribution in [0.4, 0.5) is 11.4 Å². The van der Waals surface area contributed by atoms with Crippen LogP contribution < -0.4 is 16.2 Å². The molecule has 6 nitrogen and oxygen atoms in total. The van der Waals surface area contributed by atoms with Crippen molar-refractivity contribution in [2.24, 2.45) is 5.14 Å². The lowest BCUT2D eigenvalue weighted by molar-refractivity contribution is 0.102. The van der Waals surface area contributed by atoms with Crippen LogP contribution in [-0.2, 0) is 10.0 Å². The van der Waals surface area contributed by atoms with E-state index in [2.05, 4.69) is 5.32 Å². The van der Waals surface area contributed by atoms with E-state index in [4.69, 9.17) is 10.9 Å². The Kier molecular flexibility index (Phi) is 3.97. The zero-order valence-electron chi connectivity index (χ0n) is 11.3. The van der Waals surface area contributed by atoms with Gasteiger partial charge in [-0.05, 0) is 48.9 Å². The van der Waals surface area contributed by atoms with Gasteiger partial charge in [-0.1, -0.05) is 6.07 Å². The number of carbonyl (C=O) groups is 1. The molecule has 0 saturated heterocycles. The molecule has 7 heteroatoms. The number of nitrogens with one attached hydrogen (secondary N) is 1. The van der Waals surface area contributed by atoms with Gasteiger partial charge in [0, 0.05) is 16.9 Å². The smallest absolute Gasteiger partial charge is 0.255 e. The summed E-state index contributed by atoms with van der Waals surface area (Å²) in [7, 11) is -3.83. The van der Waals surface area contributed by atoms with Crippen LogP contribution in [-0.4, -0.2) is 14.3 Å². The van der Waals surface area contributed by atoms with Crippen LogP contribution in [0.2, 0.25) is 0 Å². The van der Waals surface area contributed by atoms with Crippen LogP contribution in [0.25, 0.3) is 0 Å². The molecule has 2 aromatic carbocycles. The lowest BCUT2D eigenvalue weighted by atomic mass is 10.1. The van der Waals surface area contributed by atoms with Crippen molar-refractivity contribution >= 4 is 27.3 Å². The highest BCUT2D eigenvalue weighted by Gasteiger charge is 2.15. The first kappa shape index (κ1) is 15.0. The van der Waals surface area contributed by atoms with Gasteiger partial charge in [-0.2, -0.15) is 0 Å². The minimum atomic E-state index is -3.83. The van der Waals surface area contributed by atoms with Gasteiger partial charge >= 0.3 is 0 Å². The second kappa shape index (κ2) is 5.55. The second-order valence-corrected chi connectivity index (χ2v) is 6.08. The molecule has 0 aliphatic heterocycles. The maximum atomic E-state index is 12.1. The predicted octanol–water partition coefficient (Wildman–Crippen LogP) is 1.48. The van der Waals surface area contributed by atoms with Gasteiger partial charge in [0.2, 0.25) is 10.0 Å². The molecule has 0 aromatic heterocycles. The predicted molar refractivity (Wildman–Crippen MR) is 81.4 cm³/mol. The van der Waals surface area contributed by atoms with E-state index in [1.165, 1.54) is 12.1 Å². The maximum Gasteiger partial charge on any atom is 0.255 e. The largest absolute Gasteiger partial charge is 0.399 e. The van der Waals surface area contributed by atoms with E-state index < -0.39 is 10.0 Å². The standard InChI is InChI=1S/C14H15N3O3S/c1-9-12(3-2-4-13(9)21(16,19)20)17-14(18)10-5-7-11(15)8-6-10/h2-8H,15H2,1H3,(H,17,18)(H2,16,19,20). The Hall–Kier alpha value is -2.38. The molecule has 0 unspecified atom stereocenters. The number of nitrogens with two attached hydrogens (primary N) is 2. The summed E-state index contributed by atoms with van der Waals surface area (Å²) in [5.41, 5.74) is 7.32.